The van der Waals surface area contributed by atoms with E-state index in [9.17, 15) is 0 Å². The minimum atomic E-state index is 0.559. The molecule has 4 nitrogen and oxygen atoms in total. The third kappa shape index (κ3) is 1.56. The van der Waals surface area contributed by atoms with Gasteiger partial charge in [0.1, 0.15) is 5.01 Å². The highest BCUT2D eigenvalue weighted by molar-refractivity contribution is 7.15. The smallest absolute Gasteiger partial charge is 0.127 e. The number of nitrogens with zero attached hydrogens (tertiary/aromatic N) is 3. The second kappa shape index (κ2) is 3.51. The van der Waals surface area contributed by atoms with E-state index in [0.29, 0.717) is 6.54 Å². The number of hydrogen-bond donors (Lipinski definition) is 1. The molecule has 2 N–H and O–H groups in total. The van der Waals surface area contributed by atoms with Gasteiger partial charge in [0.05, 0.1) is 11.9 Å². The van der Waals surface area contributed by atoms with Crippen LogP contribution in [0.1, 0.15) is 10.6 Å². The summed E-state index contributed by atoms with van der Waals surface area (Å²) >= 11 is 1.64. The van der Waals surface area contributed by atoms with E-state index in [0.717, 1.165) is 21.1 Å². The largest absolute Gasteiger partial charge is 0.326 e. The van der Waals surface area contributed by atoms with Crippen molar-refractivity contribution in [1.29, 1.82) is 0 Å². The molecule has 0 aliphatic heterocycles. The highest BCUT2D eigenvalue weighted by Crippen LogP contribution is 2.26. The van der Waals surface area contributed by atoms with E-state index in [4.69, 9.17) is 5.73 Å². The molecule has 0 amide bonds. The zero-order valence-electron chi connectivity index (χ0n) is 8.19. The molecular weight excluding hydrogens is 196 g/mol. The van der Waals surface area contributed by atoms with Crippen molar-refractivity contribution in [2.45, 2.75) is 13.5 Å². The maximum Gasteiger partial charge on any atom is 0.127 e. The van der Waals surface area contributed by atoms with Crippen molar-refractivity contribution in [2.75, 3.05) is 0 Å². The van der Waals surface area contributed by atoms with E-state index in [1.165, 1.54) is 0 Å². The van der Waals surface area contributed by atoms with Crippen LogP contribution in [0.25, 0.3) is 10.6 Å². The van der Waals surface area contributed by atoms with Crippen LogP contribution in [-0.4, -0.2) is 14.8 Å². The van der Waals surface area contributed by atoms with Gasteiger partial charge in [0.15, 0.2) is 0 Å². The first-order valence-electron chi connectivity index (χ1n) is 4.36. The number of aromatic nitrogens is 3. The van der Waals surface area contributed by atoms with Gasteiger partial charge in [-0.15, -0.1) is 11.3 Å². The van der Waals surface area contributed by atoms with Crippen LogP contribution < -0.4 is 5.73 Å². The molecular formula is C9H12N4S. The minimum absolute atomic E-state index is 0.559. The molecule has 0 saturated heterocycles. The van der Waals surface area contributed by atoms with E-state index < -0.39 is 0 Å². The van der Waals surface area contributed by atoms with Crippen molar-refractivity contribution in [3.8, 4) is 10.6 Å². The van der Waals surface area contributed by atoms with E-state index in [-0.39, 0.29) is 0 Å². The Bertz CT molecular complexity index is 443. The third-order valence-corrected chi connectivity index (χ3v) is 3.26. The van der Waals surface area contributed by atoms with Gasteiger partial charge in [0, 0.05) is 30.2 Å². The van der Waals surface area contributed by atoms with Crippen LogP contribution >= 0.6 is 11.3 Å². The summed E-state index contributed by atoms with van der Waals surface area (Å²) < 4.78 is 1.77. The summed E-state index contributed by atoms with van der Waals surface area (Å²) in [5, 5.41) is 5.11. The molecule has 2 aromatic rings. The molecule has 0 aliphatic rings. The molecule has 0 aliphatic carbocycles. The van der Waals surface area contributed by atoms with E-state index in [1.54, 1.807) is 16.0 Å². The van der Waals surface area contributed by atoms with Crippen LogP contribution in [-0.2, 0) is 13.6 Å². The predicted molar refractivity (Wildman–Crippen MR) is 56.9 cm³/mol. The molecule has 0 radical (unpaired) electrons. The Kier molecular flexibility index (Phi) is 2.35. The Hall–Kier alpha value is -1.20. The molecule has 0 atom stereocenters. The second-order valence-electron chi connectivity index (χ2n) is 3.13. The molecule has 0 bridgehead atoms. The molecule has 2 rings (SSSR count). The van der Waals surface area contributed by atoms with Crippen LogP contribution in [0.4, 0.5) is 0 Å². The van der Waals surface area contributed by atoms with Gasteiger partial charge in [-0.2, -0.15) is 5.10 Å². The highest BCUT2D eigenvalue weighted by atomic mass is 32.1. The Balaban J connectivity index is 2.42. The maximum absolute atomic E-state index is 5.60. The zero-order valence-corrected chi connectivity index (χ0v) is 9.01. The molecule has 2 aromatic heterocycles. The van der Waals surface area contributed by atoms with Crippen LogP contribution in [0.2, 0.25) is 0 Å². The van der Waals surface area contributed by atoms with Crippen LogP contribution in [0.15, 0.2) is 12.4 Å². The molecule has 5 heteroatoms. The van der Waals surface area contributed by atoms with Crippen LogP contribution in [0.3, 0.4) is 0 Å². The fourth-order valence-electron chi connectivity index (χ4n) is 1.27. The number of hydrogen-bond acceptors (Lipinski definition) is 4. The Labute approximate surface area is 86.4 Å². The summed E-state index contributed by atoms with van der Waals surface area (Å²) in [5.41, 5.74) is 7.68. The zero-order chi connectivity index (χ0) is 10.1. The average Bonchev–Trinajstić information content (AvgIpc) is 2.71. The lowest BCUT2D eigenvalue weighted by atomic mass is 10.3. The summed E-state index contributed by atoms with van der Waals surface area (Å²) in [4.78, 5) is 5.59. The summed E-state index contributed by atoms with van der Waals surface area (Å²) in [6.45, 7) is 2.54. The summed E-state index contributed by atoms with van der Waals surface area (Å²) in [7, 11) is 1.90. The number of nitrogens with two attached hydrogens (primary N) is 1. The Morgan fingerprint density at radius 1 is 1.57 bits per heavy atom. The first-order valence-corrected chi connectivity index (χ1v) is 5.17. The number of aryl methyl sites for hydroxylation is 2. The predicted octanol–water partition coefficient (Wildman–Crippen LogP) is 1.31. The normalized spacial score (nSPS) is 10.8. The molecule has 14 heavy (non-hydrogen) atoms. The molecule has 74 valence electrons. The molecule has 0 aromatic carbocycles. The van der Waals surface area contributed by atoms with E-state index >= 15 is 0 Å². The van der Waals surface area contributed by atoms with E-state index in [2.05, 4.69) is 10.1 Å². The lowest BCUT2D eigenvalue weighted by Crippen LogP contribution is -1.94. The fraction of sp³-hybridized carbons (Fsp3) is 0.333. The van der Waals surface area contributed by atoms with Gasteiger partial charge in [0.2, 0.25) is 0 Å². The lowest BCUT2D eigenvalue weighted by Gasteiger charge is -1.86. The van der Waals surface area contributed by atoms with Crippen LogP contribution in [0, 0.1) is 6.92 Å². The van der Waals surface area contributed by atoms with Gasteiger partial charge in [-0.25, -0.2) is 4.98 Å². The van der Waals surface area contributed by atoms with Crippen molar-refractivity contribution in [2.24, 2.45) is 12.8 Å². The molecule has 0 spiro atoms. The van der Waals surface area contributed by atoms with Gasteiger partial charge >= 0.3 is 0 Å². The molecule has 0 unspecified atom stereocenters. The van der Waals surface area contributed by atoms with Gasteiger partial charge in [0.25, 0.3) is 0 Å². The second-order valence-corrected chi connectivity index (χ2v) is 4.22. The van der Waals surface area contributed by atoms with E-state index in [1.807, 2.05) is 26.4 Å². The highest BCUT2D eigenvalue weighted by Gasteiger charge is 2.08. The summed E-state index contributed by atoms with van der Waals surface area (Å²) in [5.74, 6) is 0. The molecule has 2 heterocycles. The SMILES string of the molecule is Cc1nc(-c2cnn(C)c2)sc1CN. The van der Waals surface area contributed by atoms with Crippen molar-refractivity contribution in [1.82, 2.24) is 14.8 Å². The van der Waals surface area contributed by atoms with Gasteiger partial charge in [-0.1, -0.05) is 0 Å². The molecule has 0 saturated carbocycles. The summed E-state index contributed by atoms with van der Waals surface area (Å²) in [6.07, 6.45) is 3.77. The maximum atomic E-state index is 5.60. The van der Waals surface area contributed by atoms with Gasteiger partial charge < -0.3 is 5.73 Å². The van der Waals surface area contributed by atoms with Crippen molar-refractivity contribution < 1.29 is 0 Å². The van der Waals surface area contributed by atoms with Crippen molar-refractivity contribution in [3.63, 3.8) is 0 Å². The first kappa shape index (κ1) is 9.36. The Morgan fingerprint density at radius 2 is 2.36 bits per heavy atom. The van der Waals surface area contributed by atoms with Crippen molar-refractivity contribution >= 4 is 11.3 Å². The fourth-order valence-corrected chi connectivity index (χ4v) is 2.19. The topological polar surface area (TPSA) is 56.7 Å². The van der Waals surface area contributed by atoms with Crippen molar-refractivity contribution in [3.05, 3.63) is 23.0 Å². The number of rotatable bonds is 2. The van der Waals surface area contributed by atoms with Gasteiger partial charge in [-0.3, -0.25) is 4.68 Å². The van der Waals surface area contributed by atoms with Gasteiger partial charge in [-0.05, 0) is 6.92 Å². The Morgan fingerprint density at radius 3 is 2.86 bits per heavy atom. The number of thiazole rings is 1. The van der Waals surface area contributed by atoms with Crippen LogP contribution in [0.5, 0.6) is 0 Å². The summed E-state index contributed by atoms with van der Waals surface area (Å²) in [6, 6.07) is 0. The lowest BCUT2D eigenvalue weighted by molar-refractivity contribution is 0.768. The third-order valence-electron chi connectivity index (χ3n) is 2.03. The monoisotopic (exact) mass is 208 g/mol. The molecule has 0 fully saturated rings. The average molecular weight is 208 g/mol. The minimum Gasteiger partial charge on any atom is -0.326 e. The standard InChI is InChI=1S/C9H12N4S/c1-6-8(3-10)14-9(12-6)7-4-11-13(2)5-7/h4-5H,3,10H2,1-2H3. The first-order chi connectivity index (χ1) is 6.70. The quantitative estimate of drug-likeness (QED) is 0.809.